The fourth-order valence-electron chi connectivity index (χ4n) is 1.71. The summed E-state index contributed by atoms with van der Waals surface area (Å²) in [6, 6.07) is 0. The van der Waals surface area contributed by atoms with Crippen molar-refractivity contribution in [3.63, 3.8) is 0 Å². The van der Waals surface area contributed by atoms with Crippen molar-refractivity contribution in [3.05, 3.63) is 0 Å². The molecule has 0 amide bonds. The van der Waals surface area contributed by atoms with Crippen LogP contribution in [0.15, 0.2) is 0 Å². The molecule has 0 N–H and O–H groups in total. The van der Waals surface area contributed by atoms with E-state index in [-0.39, 0.29) is 6.10 Å². The first-order valence-electron chi connectivity index (χ1n) is 5.67. The summed E-state index contributed by atoms with van der Waals surface area (Å²) >= 11 is 3.60. The van der Waals surface area contributed by atoms with E-state index in [1.165, 1.54) is 12.8 Å². The second-order valence-corrected chi connectivity index (χ2v) is 5.57. The van der Waals surface area contributed by atoms with Gasteiger partial charge in [0.2, 0.25) is 0 Å². The molecule has 15 heavy (non-hydrogen) atoms. The highest BCUT2D eigenvalue weighted by Crippen LogP contribution is 2.36. The predicted octanol–water partition coefficient (Wildman–Crippen LogP) is 1.98. The van der Waals surface area contributed by atoms with E-state index in [9.17, 15) is 0 Å². The van der Waals surface area contributed by atoms with Crippen LogP contribution in [-0.2, 0) is 14.2 Å². The van der Waals surface area contributed by atoms with E-state index in [4.69, 9.17) is 14.2 Å². The molecule has 0 bridgehead atoms. The van der Waals surface area contributed by atoms with Gasteiger partial charge in [-0.05, 0) is 25.2 Å². The van der Waals surface area contributed by atoms with E-state index in [0.717, 1.165) is 18.9 Å². The zero-order chi connectivity index (χ0) is 10.7. The van der Waals surface area contributed by atoms with E-state index < -0.39 is 0 Å². The minimum atomic E-state index is 0.221. The second-order valence-electron chi connectivity index (χ2n) is 4.40. The maximum absolute atomic E-state index is 5.82. The lowest BCUT2D eigenvalue weighted by Gasteiger charge is -2.40. The Bertz CT molecular complexity index is 196. The van der Waals surface area contributed by atoms with Gasteiger partial charge < -0.3 is 14.2 Å². The van der Waals surface area contributed by atoms with Gasteiger partial charge in [0.1, 0.15) is 0 Å². The largest absolute Gasteiger partial charge is 0.382 e. The summed E-state index contributed by atoms with van der Waals surface area (Å²) in [5, 5.41) is 0. The fraction of sp³-hybridized carbons (Fsp3) is 1.00. The van der Waals surface area contributed by atoms with Crippen LogP contribution in [0.2, 0.25) is 0 Å². The van der Waals surface area contributed by atoms with Gasteiger partial charge in [-0.3, -0.25) is 0 Å². The predicted molar refractivity (Wildman–Crippen MR) is 61.4 cm³/mol. The average Bonchev–Trinajstić information content (AvgIpc) is 3.02. The molecular weight excluding hydrogens is 260 g/mol. The van der Waals surface area contributed by atoms with Crippen LogP contribution >= 0.6 is 15.9 Å². The normalized spacial score (nSPS) is 35.2. The summed E-state index contributed by atoms with van der Waals surface area (Å²) in [6.45, 7) is 2.24. The highest BCUT2D eigenvalue weighted by Gasteiger charge is 2.42. The highest BCUT2D eigenvalue weighted by molar-refractivity contribution is 9.09. The molecule has 0 aromatic carbocycles. The van der Waals surface area contributed by atoms with Crippen molar-refractivity contribution in [2.24, 2.45) is 5.92 Å². The molecule has 2 aliphatic rings. The van der Waals surface area contributed by atoms with Crippen LogP contribution in [0.25, 0.3) is 0 Å². The minimum Gasteiger partial charge on any atom is -0.382 e. The topological polar surface area (TPSA) is 27.7 Å². The van der Waals surface area contributed by atoms with Crippen LogP contribution < -0.4 is 0 Å². The molecule has 2 rings (SSSR count). The first-order chi connectivity index (χ1) is 7.31. The smallest absolute Gasteiger partial charge is 0.0963 e. The number of halogens is 1. The van der Waals surface area contributed by atoms with Crippen LogP contribution in [0.4, 0.5) is 0 Å². The highest BCUT2D eigenvalue weighted by atomic mass is 79.9. The summed E-state index contributed by atoms with van der Waals surface area (Å²) in [5.41, 5.74) is 0. The molecule has 2 fully saturated rings. The Morgan fingerprint density at radius 3 is 2.60 bits per heavy atom. The summed E-state index contributed by atoms with van der Waals surface area (Å²) in [5.74, 6) is 0.832. The summed E-state index contributed by atoms with van der Waals surface area (Å²) < 4.78 is 16.5. The molecule has 2 saturated carbocycles. The van der Waals surface area contributed by atoms with E-state index in [1.54, 1.807) is 7.11 Å². The molecule has 3 nitrogen and oxygen atoms in total. The van der Waals surface area contributed by atoms with Gasteiger partial charge in [0, 0.05) is 18.5 Å². The van der Waals surface area contributed by atoms with Crippen LogP contribution in [-0.4, -0.2) is 44.0 Å². The average molecular weight is 279 g/mol. The van der Waals surface area contributed by atoms with Gasteiger partial charge in [-0.1, -0.05) is 15.9 Å². The van der Waals surface area contributed by atoms with Gasteiger partial charge in [0.05, 0.1) is 25.4 Å². The molecule has 2 aliphatic carbocycles. The number of hydrogen-bond acceptors (Lipinski definition) is 3. The van der Waals surface area contributed by atoms with Crippen molar-refractivity contribution in [2.75, 3.05) is 26.9 Å². The zero-order valence-corrected chi connectivity index (χ0v) is 10.7. The van der Waals surface area contributed by atoms with Gasteiger partial charge in [0.15, 0.2) is 0 Å². The van der Waals surface area contributed by atoms with E-state index >= 15 is 0 Å². The van der Waals surface area contributed by atoms with E-state index in [2.05, 4.69) is 15.9 Å². The second kappa shape index (κ2) is 5.62. The van der Waals surface area contributed by atoms with Crippen LogP contribution in [0.3, 0.4) is 0 Å². The lowest BCUT2D eigenvalue weighted by atomic mass is 9.91. The van der Waals surface area contributed by atoms with Crippen molar-refractivity contribution in [1.29, 1.82) is 0 Å². The van der Waals surface area contributed by atoms with Crippen LogP contribution in [0.1, 0.15) is 19.3 Å². The third-order valence-electron chi connectivity index (χ3n) is 3.02. The summed E-state index contributed by atoms with van der Waals surface area (Å²) in [6.07, 6.45) is 4.29. The molecule has 0 aromatic rings. The Balaban J connectivity index is 1.61. The van der Waals surface area contributed by atoms with Crippen molar-refractivity contribution in [3.8, 4) is 0 Å². The van der Waals surface area contributed by atoms with E-state index in [0.29, 0.717) is 24.1 Å². The van der Waals surface area contributed by atoms with Crippen molar-refractivity contribution >= 4 is 15.9 Å². The Labute approximate surface area is 99.6 Å². The molecule has 0 radical (unpaired) electrons. The molecule has 4 heteroatoms. The number of alkyl halides is 1. The van der Waals surface area contributed by atoms with E-state index in [1.807, 2.05) is 0 Å². The Morgan fingerprint density at radius 1 is 1.20 bits per heavy atom. The molecule has 0 aliphatic heterocycles. The van der Waals surface area contributed by atoms with Gasteiger partial charge in [-0.25, -0.2) is 0 Å². The summed E-state index contributed by atoms with van der Waals surface area (Å²) in [7, 11) is 1.69. The maximum Gasteiger partial charge on any atom is 0.0963 e. The zero-order valence-electron chi connectivity index (χ0n) is 9.15. The molecule has 0 aromatic heterocycles. The Kier molecular flexibility index (Phi) is 4.43. The lowest BCUT2D eigenvalue weighted by molar-refractivity contribution is -0.129. The molecule has 88 valence electrons. The monoisotopic (exact) mass is 278 g/mol. The minimum absolute atomic E-state index is 0.221. The van der Waals surface area contributed by atoms with Gasteiger partial charge in [0.25, 0.3) is 0 Å². The molecule has 3 unspecified atom stereocenters. The molecule has 3 atom stereocenters. The van der Waals surface area contributed by atoms with Gasteiger partial charge in [-0.2, -0.15) is 0 Å². The number of rotatable bonds is 7. The SMILES string of the molecule is COCCOC1C(Br)CC1OCC1CC1. The Morgan fingerprint density at radius 2 is 2.00 bits per heavy atom. The standard InChI is InChI=1S/C11H19BrO3/c1-13-4-5-14-11-9(12)6-10(11)15-7-8-2-3-8/h8-11H,2-7H2,1H3. The van der Waals surface area contributed by atoms with Gasteiger partial charge >= 0.3 is 0 Å². The number of methoxy groups -OCH3 is 1. The summed E-state index contributed by atoms with van der Waals surface area (Å²) in [4.78, 5) is 0.457. The van der Waals surface area contributed by atoms with Crippen LogP contribution in [0, 0.1) is 5.92 Å². The van der Waals surface area contributed by atoms with Crippen molar-refractivity contribution < 1.29 is 14.2 Å². The molecular formula is C11H19BrO3. The molecule has 0 saturated heterocycles. The van der Waals surface area contributed by atoms with Crippen molar-refractivity contribution in [2.45, 2.75) is 36.3 Å². The molecule has 0 heterocycles. The third kappa shape index (κ3) is 3.41. The quantitative estimate of drug-likeness (QED) is 0.527. The van der Waals surface area contributed by atoms with Gasteiger partial charge in [-0.15, -0.1) is 0 Å². The fourth-order valence-corrected chi connectivity index (χ4v) is 2.58. The number of ether oxygens (including phenoxy) is 3. The lowest BCUT2D eigenvalue weighted by Crippen LogP contribution is -2.51. The molecule has 0 spiro atoms. The first kappa shape index (κ1) is 11.8. The third-order valence-corrected chi connectivity index (χ3v) is 3.92. The van der Waals surface area contributed by atoms with Crippen molar-refractivity contribution in [1.82, 2.24) is 0 Å². The van der Waals surface area contributed by atoms with Crippen LogP contribution in [0.5, 0.6) is 0 Å². The number of hydrogen-bond donors (Lipinski definition) is 0. The Hall–Kier alpha value is 0.360. The maximum atomic E-state index is 5.82. The first-order valence-corrected chi connectivity index (χ1v) is 6.59.